The molecule has 0 bridgehead atoms. The van der Waals surface area contributed by atoms with Gasteiger partial charge in [-0.25, -0.2) is 18.1 Å². The highest BCUT2D eigenvalue weighted by atomic mass is 32.2. The SMILES string of the molecule is CCS(=O)(=O)NCCCc1nc(C)nc(Nc2cccc(S(=O)(=O)O)c2)n1. The second kappa shape index (κ2) is 8.69. The first-order valence-corrected chi connectivity index (χ1v) is 11.2. The Morgan fingerprint density at radius 1 is 1.11 bits per heavy atom. The van der Waals surface area contributed by atoms with Gasteiger partial charge >= 0.3 is 0 Å². The molecule has 148 valence electrons. The lowest BCUT2D eigenvalue weighted by Crippen LogP contribution is -2.26. The maximum atomic E-state index is 11.4. The van der Waals surface area contributed by atoms with Crippen molar-refractivity contribution in [1.29, 1.82) is 0 Å². The van der Waals surface area contributed by atoms with E-state index in [1.807, 2.05) is 0 Å². The fraction of sp³-hybridized carbons (Fsp3) is 0.400. The molecule has 0 aliphatic heterocycles. The molecule has 0 atom stereocenters. The van der Waals surface area contributed by atoms with Gasteiger partial charge in [-0.05, 0) is 38.5 Å². The Balaban J connectivity index is 2.07. The number of sulfonamides is 1. The van der Waals surface area contributed by atoms with Crippen LogP contribution in [0.3, 0.4) is 0 Å². The van der Waals surface area contributed by atoms with Crippen LogP contribution >= 0.6 is 0 Å². The molecule has 0 aliphatic carbocycles. The molecule has 0 amide bonds. The van der Waals surface area contributed by atoms with Gasteiger partial charge in [-0.3, -0.25) is 4.55 Å². The molecule has 3 N–H and O–H groups in total. The Bertz CT molecular complexity index is 1010. The predicted molar refractivity (Wildman–Crippen MR) is 99.9 cm³/mol. The second-order valence-electron chi connectivity index (χ2n) is 5.65. The number of aryl methyl sites for hydroxylation is 2. The average molecular weight is 415 g/mol. The van der Waals surface area contributed by atoms with Gasteiger partial charge in [-0.2, -0.15) is 18.4 Å². The summed E-state index contributed by atoms with van der Waals surface area (Å²) in [4.78, 5) is 12.4. The smallest absolute Gasteiger partial charge is 0.294 e. The minimum atomic E-state index is -4.31. The Hall–Kier alpha value is -2.15. The molecule has 0 unspecified atom stereocenters. The number of anilines is 2. The fourth-order valence-electron chi connectivity index (χ4n) is 2.14. The first-order valence-electron chi connectivity index (χ1n) is 8.12. The van der Waals surface area contributed by atoms with Crippen LogP contribution in [0.4, 0.5) is 11.6 Å². The maximum absolute atomic E-state index is 11.4. The van der Waals surface area contributed by atoms with E-state index in [1.54, 1.807) is 19.9 Å². The van der Waals surface area contributed by atoms with Gasteiger partial charge < -0.3 is 5.32 Å². The second-order valence-corrected chi connectivity index (χ2v) is 9.17. The van der Waals surface area contributed by atoms with Crippen LogP contribution in [0, 0.1) is 6.92 Å². The van der Waals surface area contributed by atoms with Crippen LogP contribution in [0.25, 0.3) is 0 Å². The van der Waals surface area contributed by atoms with Gasteiger partial charge in [0.2, 0.25) is 16.0 Å². The Kier molecular flexibility index (Phi) is 6.81. The quantitative estimate of drug-likeness (QED) is 0.403. The van der Waals surface area contributed by atoms with Gasteiger partial charge in [0.1, 0.15) is 11.6 Å². The Morgan fingerprint density at radius 3 is 2.52 bits per heavy atom. The Labute approximate surface area is 158 Å². The van der Waals surface area contributed by atoms with Crippen LogP contribution in [0.15, 0.2) is 29.2 Å². The van der Waals surface area contributed by atoms with Crippen molar-refractivity contribution in [2.75, 3.05) is 17.6 Å². The monoisotopic (exact) mass is 415 g/mol. The molecule has 0 radical (unpaired) electrons. The molecule has 1 aromatic carbocycles. The number of aromatic nitrogens is 3. The van der Waals surface area contributed by atoms with E-state index in [1.165, 1.54) is 18.2 Å². The van der Waals surface area contributed by atoms with Crippen molar-refractivity contribution in [2.45, 2.75) is 31.6 Å². The highest BCUT2D eigenvalue weighted by Gasteiger charge is 2.11. The van der Waals surface area contributed by atoms with E-state index in [0.29, 0.717) is 30.2 Å². The molecule has 0 saturated heterocycles. The van der Waals surface area contributed by atoms with Crippen molar-refractivity contribution in [1.82, 2.24) is 19.7 Å². The first-order chi connectivity index (χ1) is 12.6. The molecule has 10 nitrogen and oxygen atoms in total. The van der Waals surface area contributed by atoms with Crippen LogP contribution in [-0.4, -0.2) is 48.6 Å². The summed E-state index contributed by atoms with van der Waals surface area (Å²) in [6.07, 6.45) is 0.954. The lowest BCUT2D eigenvalue weighted by molar-refractivity contribution is 0.483. The molecule has 1 aromatic heterocycles. The summed E-state index contributed by atoms with van der Waals surface area (Å²) < 4.78 is 56.8. The summed E-state index contributed by atoms with van der Waals surface area (Å²) in [5.74, 6) is 1.18. The van der Waals surface area contributed by atoms with E-state index in [-0.39, 0.29) is 23.1 Å². The molecule has 2 aromatic rings. The standard InChI is InChI=1S/C15H21N5O5S2/c1-3-26(21,22)16-9-5-8-14-17-11(2)18-15(20-14)19-12-6-4-7-13(10-12)27(23,24)25/h4,6-7,10,16H,3,5,8-9H2,1-2H3,(H,23,24,25)(H,17,18,19,20). The zero-order valence-electron chi connectivity index (χ0n) is 14.9. The Morgan fingerprint density at radius 2 is 1.85 bits per heavy atom. The number of nitrogens with zero attached hydrogens (tertiary/aromatic N) is 3. The van der Waals surface area contributed by atoms with Crippen molar-refractivity contribution in [3.8, 4) is 0 Å². The number of rotatable bonds is 9. The highest BCUT2D eigenvalue weighted by Crippen LogP contribution is 2.18. The zero-order valence-corrected chi connectivity index (χ0v) is 16.5. The topological polar surface area (TPSA) is 151 Å². The lowest BCUT2D eigenvalue weighted by atomic mass is 10.3. The molecule has 2 rings (SSSR count). The molecule has 12 heteroatoms. The van der Waals surface area contributed by atoms with Crippen molar-refractivity contribution in [3.63, 3.8) is 0 Å². The van der Waals surface area contributed by atoms with E-state index in [9.17, 15) is 16.8 Å². The van der Waals surface area contributed by atoms with Crippen molar-refractivity contribution < 1.29 is 21.4 Å². The van der Waals surface area contributed by atoms with Gasteiger partial charge in [0.05, 0.1) is 10.6 Å². The summed E-state index contributed by atoms with van der Waals surface area (Å²) in [5, 5.41) is 2.87. The number of hydrogen-bond acceptors (Lipinski definition) is 8. The van der Waals surface area contributed by atoms with Crippen LogP contribution in [0.5, 0.6) is 0 Å². The van der Waals surface area contributed by atoms with Crippen LogP contribution in [-0.2, 0) is 26.6 Å². The largest absolute Gasteiger partial charge is 0.324 e. The lowest BCUT2D eigenvalue weighted by Gasteiger charge is -2.09. The molecule has 0 fully saturated rings. The summed E-state index contributed by atoms with van der Waals surface area (Å²) in [6.45, 7) is 3.53. The molecule has 0 saturated carbocycles. The van der Waals surface area contributed by atoms with Gasteiger partial charge in [-0.1, -0.05) is 6.07 Å². The van der Waals surface area contributed by atoms with E-state index < -0.39 is 20.1 Å². The van der Waals surface area contributed by atoms with Crippen molar-refractivity contribution >= 4 is 31.8 Å². The molecular weight excluding hydrogens is 394 g/mol. The first kappa shape index (κ1) is 21.2. The highest BCUT2D eigenvalue weighted by molar-refractivity contribution is 7.89. The van der Waals surface area contributed by atoms with Crippen LogP contribution in [0.2, 0.25) is 0 Å². The number of nitrogens with one attached hydrogen (secondary N) is 2. The van der Waals surface area contributed by atoms with Crippen molar-refractivity contribution in [3.05, 3.63) is 35.9 Å². The number of hydrogen-bond donors (Lipinski definition) is 3. The third-order valence-electron chi connectivity index (χ3n) is 3.46. The van der Waals surface area contributed by atoms with Crippen LogP contribution in [0.1, 0.15) is 25.0 Å². The minimum Gasteiger partial charge on any atom is -0.324 e. The van der Waals surface area contributed by atoms with E-state index >= 15 is 0 Å². The molecule has 0 aliphatic rings. The molecule has 0 spiro atoms. The van der Waals surface area contributed by atoms with E-state index in [0.717, 1.165) is 0 Å². The van der Waals surface area contributed by atoms with E-state index in [4.69, 9.17) is 4.55 Å². The molecule has 27 heavy (non-hydrogen) atoms. The average Bonchev–Trinajstić information content (AvgIpc) is 2.58. The maximum Gasteiger partial charge on any atom is 0.294 e. The fourth-order valence-corrected chi connectivity index (χ4v) is 3.33. The van der Waals surface area contributed by atoms with Gasteiger partial charge in [-0.15, -0.1) is 0 Å². The summed E-state index contributed by atoms with van der Waals surface area (Å²) in [6, 6.07) is 5.60. The summed E-state index contributed by atoms with van der Waals surface area (Å²) in [5.41, 5.74) is 0.386. The predicted octanol–water partition coefficient (Wildman–Crippen LogP) is 1.04. The zero-order chi connectivity index (χ0) is 20.1. The van der Waals surface area contributed by atoms with Gasteiger partial charge in [0.15, 0.2) is 0 Å². The number of benzene rings is 1. The van der Waals surface area contributed by atoms with Gasteiger partial charge in [0, 0.05) is 18.7 Å². The van der Waals surface area contributed by atoms with Crippen molar-refractivity contribution in [2.24, 2.45) is 0 Å². The molecule has 1 heterocycles. The minimum absolute atomic E-state index is 0.0224. The third kappa shape index (κ3) is 6.82. The summed E-state index contributed by atoms with van der Waals surface area (Å²) in [7, 11) is -7.54. The normalized spacial score (nSPS) is 12.1. The summed E-state index contributed by atoms with van der Waals surface area (Å²) >= 11 is 0. The van der Waals surface area contributed by atoms with Crippen LogP contribution < -0.4 is 10.0 Å². The van der Waals surface area contributed by atoms with E-state index in [2.05, 4.69) is 25.0 Å². The van der Waals surface area contributed by atoms with Gasteiger partial charge in [0.25, 0.3) is 10.1 Å². The third-order valence-corrected chi connectivity index (χ3v) is 5.71. The molecular formula is C15H21N5O5S2.